The monoisotopic (exact) mass is 426 g/mol. The number of rotatable bonds is 4. The number of aliphatic imine (C=N–C) groups is 1. The minimum Gasteiger partial charge on any atom is -0.373 e. The van der Waals surface area contributed by atoms with Gasteiger partial charge in [0.05, 0.1) is 0 Å². The van der Waals surface area contributed by atoms with Crippen molar-refractivity contribution in [2.45, 2.75) is 6.42 Å². The normalized spacial score (nSPS) is 15.8. The summed E-state index contributed by atoms with van der Waals surface area (Å²) in [7, 11) is 4.04. The highest BCUT2D eigenvalue weighted by molar-refractivity contribution is 5.90. The second-order valence-electron chi connectivity index (χ2n) is 8.01. The van der Waals surface area contributed by atoms with E-state index in [1.54, 1.807) is 0 Å². The summed E-state index contributed by atoms with van der Waals surface area (Å²) in [6.45, 7) is 8.12. The van der Waals surface area contributed by atoms with Crippen LogP contribution < -0.4 is 10.2 Å². The Kier molecular flexibility index (Phi) is 6.92. The number of benzene rings is 1. The van der Waals surface area contributed by atoms with Gasteiger partial charge in [-0.05, 0) is 53.4 Å². The number of likely N-dealkylation sites (N-methyl/N-ethyl adjacent to an activating group) is 1. The van der Waals surface area contributed by atoms with E-state index in [4.69, 9.17) is 0 Å². The molecule has 0 spiro atoms. The molecule has 1 saturated heterocycles. The van der Waals surface area contributed by atoms with Gasteiger partial charge in [0.2, 0.25) is 0 Å². The third kappa shape index (κ3) is 5.21. The van der Waals surface area contributed by atoms with Crippen molar-refractivity contribution < 1.29 is 0 Å². The zero-order chi connectivity index (χ0) is 22.3. The largest absolute Gasteiger partial charge is 0.373 e. The van der Waals surface area contributed by atoms with Crippen molar-refractivity contribution in [1.29, 1.82) is 0 Å². The van der Waals surface area contributed by atoms with E-state index in [1.807, 2.05) is 44.0 Å². The number of pyridine rings is 2. The molecule has 1 N–H and O–H groups in total. The third-order valence-corrected chi connectivity index (χ3v) is 5.83. The fourth-order valence-corrected chi connectivity index (χ4v) is 3.79. The highest BCUT2D eigenvalue weighted by Crippen LogP contribution is 2.25. The first-order chi connectivity index (χ1) is 15.7. The Morgan fingerprint density at radius 2 is 1.84 bits per heavy atom. The van der Waals surface area contributed by atoms with E-state index in [1.165, 1.54) is 16.5 Å². The molecule has 3 aromatic rings. The van der Waals surface area contributed by atoms with E-state index in [9.17, 15) is 0 Å². The van der Waals surface area contributed by atoms with Crippen LogP contribution in [0, 0.1) is 0 Å². The average Bonchev–Trinajstić information content (AvgIpc) is 3.39. The maximum Gasteiger partial charge on any atom is 0.129 e. The topological polar surface area (TPSA) is 56.7 Å². The summed E-state index contributed by atoms with van der Waals surface area (Å²) < 4.78 is 0. The van der Waals surface area contributed by atoms with Gasteiger partial charge in [0.25, 0.3) is 0 Å². The molecule has 164 valence electrons. The van der Waals surface area contributed by atoms with Gasteiger partial charge in [-0.15, -0.1) is 0 Å². The summed E-state index contributed by atoms with van der Waals surface area (Å²) in [5.41, 5.74) is 3.65. The van der Waals surface area contributed by atoms with Crippen molar-refractivity contribution in [1.82, 2.24) is 14.9 Å². The Labute approximate surface area is 190 Å². The van der Waals surface area contributed by atoms with E-state index in [0.717, 1.165) is 55.2 Å². The van der Waals surface area contributed by atoms with E-state index < -0.39 is 0 Å². The van der Waals surface area contributed by atoms with Gasteiger partial charge in [0.1, 0.15) is 11.6 Å². The molecule has 6 nitrogen and oxygen atoms in total. The minimum atomic E-state index is 0.895. The average molecular weight is 427 g/mol. The van der Waals surface area contributed by atoms with Crippen LogP contribution in [0.2, 0.25) is 0 Å². The van der Waals surface area contributed by atoms with Gasteiger partial charge in [0.15, 0.2) is 0 Å². The van der Waals surface area contributed by atoms with E-state index in [0.29, 0.717) is 0 Å². The van der Waals surface area contributed by atoms with Gasteiger partial charge in [0, 0.05) is 69.8 Å². The van der Waals surface area contributed by atoms with Crippen LogP contribution in [0.15, 0.2) is 66.6 Å². The van der Waals surface area contributed by atoms with Crippen molar-refractivity contribution in [2.24, 2.45) is 4.99 Å². The van der Waals surface area contributed by atoms with Crippen LogP contribution in [-0.4, -0.2) is 61.4 Å². The quantitative estimate of drug-likeness (QED) is 0.662. The first-order valence-corrected chi connectivity index (χ1v) is 11.0. The molecule has 0 atom stereocenters. The van der Waals surface area contributed by atoms with Crippen LogP contribution in [-0.2, 0) is 0 Å². The molecule has 6 heteroatoms. The fourth-order valence-electron chi connectivity index (χ4n) is 3.79. The van der Waals surface area contributed by atoms with Gasteiger partial charge in [-0.1, -0.05) is 24.8 Å². The number of nitrogens with one attached hydrogen (secondary N) is 1. The van der Waals surface area contributed by atoms with E-state index >= 15 is 0 Å². The molecule has 0 radical (unpaired) electrons. The van der Waals surface area contributed by atoms with E-state index in [2.05, 4.69) is 74.0 Å². The predicted molar refractivity (Wildman–Crippen MR) is 136 cm³/mol. The first kappa shape index (κ1) is 21.7. The molecule has 2 aliphatic heterocycles. The highest BCUT2D eigenvalue weighted by atomic mass is 15.3. The van der Waals surface area contributed by atoms with Crippen molar-refractivity contribution >= 4 is 40.3 Å². The number of fused-ring (bicyclic) bond motifs is 1. The van der Waals surface area contributed by atoms with Gasteiger partial charge in [-0.3, -0.25) is 4.99 Å². The van der Waals surface area contributed by atoms with Crippen molar-refractivity contribution in [3.63, 3.8) is 0 Å². The van der Waals surface area contributed by atoms with Crippen molar-refractivity contribution in [3.8, 4) is 0 Å². The van der Waals surface area contributed by atoms with Crippen LogP contribution in [0.3, 0.4) is 0 Å². The van der Waals surface area contributed by atoms with Crippen LogP contribution >= 0.6 is 0 Å². The molecule has 1 fully saturated rings. The fraction of sp³-hybridized carbons (Fsp3) is 0.269. The van der Waals surface area contributed by atoms with Crippen LogP contribution in [0.5, 0.6) is 0 Å². The molecule has 2 aliphatic rings. The highest BCUT2D eigenvalue weighted by Gasteiger charge is 2.14. The van der Waals surface area contributed by atoms with E-state index in [-0.39, 0.29) is 0 Å². The Bertz CT molecular complexity index is 1140. The maximum atomic E-state index is 4.40. The SMILES string of the molecule is C=Cc1ccnc(N2CCN(C)CC2)c1.CNc1cc2cc(C3=CN=CC3)ccc2cn1. The zero-order valence-corrected chi connectivity index (χ0v) is 18.8. The molecule has 4 heterocycles. The molecule has 0 amide bonds. The molecule has 1 aromatic carbocycles. The van der Waals surface area contributed by atoms with Crippen molar-refractivity contribution in [2.75, 3.05) is 50.5 Å². The lowest BCUT2D eigenvalue weighted by Gasteiger charge is -2.33. The number of anilines is 2. The zero-order valence-electron chi connectivity index (χ0n) is 18.8. The van der Waals surface area contributed by atoms with Crippen molar-refractivity contribution in [3.05, 3.63) is 72.7 Å². The second-order valence-corrected chi connectivity index (χ2v) is 8.01. The van der Waals surface area contributed by atoms with Gasteiger partial charge >= 0.3 is 0 Å². The predicted octanol–water partition coefficient (Wildman–Crippen LogP) is 4.57. The van der Waals surface area contributed by atoms with Gasteiger partial charge in [-0.25, -0.2) is 9.97 Å². The smallest absolute Gasteiger partial charge is 0.129 e. The molecule has 0 bridgehead atoms. The third-order valence-electron chi connectivity index (χ3n) is 5.83. The molecule has 0 saturated carbocycles. The summed E-state index contributed by atoms with van der Waals surface area (Å²) in [4.78, 5) is 17.5. The number of piperazine rings is 1. The molecule has 0 unspecified atom stereocenters. The summed E-state index contributed by atoms with van der Waals surface area (Å²) in [6, 6.07) is 12.6. The molecule has 2 aromatic heterocycles. The Morgan fingerprint density at radius 1 is 1.00 bits per heavy atom. The lowest BCUT2D eigenvalue weighted by Crippen LogP contribution is -2.44. The number of aromatic nitrogens is 2. The lowest BCUT2D eigenvalue weighted by atomic mass is 10.0. The second kappa shape index (κ2) is 10.2. The van der Waals surface area contributed by atoms with Gasteiger partial charge < -0.3 is 15.1 Å². The Balaban J connectivity index is 0.000000155. The Morgan fingerprint density at radius 3 is 2.56 bits per heavy atom. The van der Waals surface area contributed by atoms with Crippen LogP contribution in [0.25, 0.3) is 22.4 Å². The van der Waals surface area contributed by atoms with Crippen LogP contribution in [0.1, 0.15) is 17.5 Å². The summed E-state index contributed by atoms with van der Waals surface area (Å²) in [6.07, 6.45) is 10.4. The standard InChI is InChI=1S/C14H13N3.C12H17N3/c1-15-14-7-13-6-10(12-4-5-16-8-12)2-3-11(13)9-17-14;1-3-11-4-5-13-12(10-11)15-8-6-14(2)7-9-15/h2-3,5-9H,4H2,1H3,(H,15,17);3-5,10H,1,6-9H2,2H3. The molecule has 5 rings (SSSR count). The summed E-state index contributed by atoms with van der Waals surface area (Å²) in [5.74, 6) is 1.96. The lowest BCUT2D eigenvalue weighted by molar-refractivity contribution is 0.312. The number of allylic oxidation sites excluding steroid dienone is 1. The maximum absolute atomic E-state index is 4.40. The van der Waals surface area contributed by atoms with Crippen LogP contribution in [0.4, 0.5) is 11.6 Å². The molecule has 0 aliphatic carbocycles. The number of hydrogen-bond acceptors (Lipinski definition) is 6. The molecular weight excluding hydrogens is 396 g/mol. The van der Waals surface area contributed by atoms with Gasteiger partial charge in [-0.2, -0.15) is 0 Å². The molecular formula is C26H30N6. The summed E-state index contributed by atoms with van der Waals surface area (Å²) >= 11 is 0. The summed E-state index contributed by atoms with van der Waals surface area (Å²) in [5, 5.41) is 5.42. The minimum absolute atomic E-state index is 0.895. The number of nitrogens with zero attached hydrogens (tertiary/aromatic N) is 5. The first-order valence-electron chi connectivity index (χ1n) is 11.0. The molecule has 32 heavy (non-hydrogen) atoms. The number of hydrogen-bond donors (Lipinski definition) is 1. The Hall–Kier alpha value is -3.51.